The molecule has 0 amide bonds. The summed E-state index contributed by atoms with van der Waals surface area (Å²) in [6, 6.07) is 10.0. The van der Waals surface area contributed by atoms with E-state index in [2.05, 4.69) is 50.0 Å². The summed E-state index contributed by atoms with van der Waals surface area (Å²) >= 11 is 3.44. The molecule has 0 saturated carbocycles. The SMILES string of the molecule is CCCN(CCC)c1cc(Nc2ccc(Br)cc2)ncn1. The fraction of sp³-hybridized carbons (Fsp3) is 0.375. The van der Waals surface area contributed by atoms with Crippen LogP contribution in [0, 0.1) is 0 Å². The Morgan fingerprint density at radius 3 is 2.33 bits per heavy atom. The predicted molar refractivity (Wildman–Crippen MR) is 92.3 cm³/mol. The van der Waals surface area contributed by atoms with Crippen molar-refractivity contribution >= 4 is 33.3 Å². The molecule has 1 heterocycles. The Bertz CT molecular complexity index is 550. The van der Waals surface area contributed by atoms with Gasteiger partial charge in [-0.25, -0.2) is 9.97 Å². The number of halogens is 1. The van der Waals surface area contributed by atoms with E-state index in [0.717, 1.165) is 47.7 Å². The van der Waals surface area contributed by atoms with Crippen molar-refractivity contribution < 1.29 is 0 Å². The van der Waals surface area contributed by atoms with Crippen LogP contribution >= 0.6 is 15.9 Å². The minimum absolute atomic E-state index is 0.819. The summed E-state index contributed by atoms with van der Waals surface area (Å²) < 4.78 is 1.06. The zero-order valence-electron chi connectivity index (χ0n) is 12.5. The van der Waals surface area contributed by atoms with E-state index in [1.54, 1.807) is 6.33 Å². The largest absolute Gasteiger partial charge is 0.356 e. The third-order valence-corrected chi connectivity index (χ3v) is 3.61. The van der Waals surface area contributed by atoms with Gasteiger partial charge in [0.25, 0.3) is 0 Å². The van der Waals surface area contributed by atoms with Crippen LogP contribution < -0.4 is 10.2 Å². The van der Waals surface area contributed by atoms with Gasteiger partial charge in [-0.1, -0.05) is 29.8 Å². The van der Waals surface area contributed by atoms with Gasteiger partial charge in [0.15, 0.2) is 0 Å². The molecular weight excluding hydrogens is 328 g/mol. The molecule has 0 bridgehead atoms. The monoisotopic (exact) mass is 348 g/mol. The Kier molecular flexibility index (Phi) is 5.99. The molecule has 2 aromatic rings. The molecule has 0 atom stereocenters. The van der Waals surface area contributed by atoms with Gasteiger partial charge in [-0.05, 0) is 37.1 Å². The van der Waals surface area contributed by atoms with Crippen LogP contribution in [-0.2, 0) is 0 Å². The highest BCUT2D eigenvalue weighted by molar-refractivity contribution is 9.10. The van der Waals surface area contributed by atoms with Crippen LogP contribution in [0.5, 0.6) is 0 Å². The molecule has 1 N–H and O–H groups in total. The Balaban J connectivity index is 2.14. The van der Waals surface area contributed by atoms with Gasteiger partial charge in [0, 0.05) is 29.3 Å². The van der Waals surface area contributed by atoms with Gasteiger partial charge in [0.1, 0.15) is 18.0 Å². The molecule has 0 unspecified atom stereocenters. The molecule has 21 heavy (non-hydrogen) atoms. The van der Waals surface area contributed by atoms with Gasteiger partial charge >= 0.3 is 0 Å². The Hall–Kier alpha value is -1.62. The average Bonchev–Trinajstić information content (AvgIpc) is 2.50. The van der Waals surface area contributed by atoms with Crippen molar-refractivity contribution in [3.8, 4) is 0 Å². The Morgan fingerprint density at radius 1 is 1.05 bits per heavy atom. The predicted octanol–water partition coefficient (Wildman–Crippen LogP) is 4.61. The van der Waals surface area contributed by atoms with E-state index in [0.29, 0.717) is 0 Å². The van der Waals surface area contributed by atoms with Crippen LogP contribution in [0.4, 0.5) is 17.3 Å². The van der Waals surface area contributed by atoms with Crippen LogP contribution in [0.2, 0.25) is 0 Å². The van der Waals surface area contributed by atoms with Gasteiger partial charge in [-0.3, -0.25) is 0 Å². The zero-order chi connectivity index (χ0) is 15.1. The molecule has 0 spiro atoms. The lowest BCUT2D eigenvalue weighted by molar-refractivity contribution is 0.733. The maximum atomic E-state index is 4.40. The van der Waals surface area contributed by atoms with E-state index < -0.39 is 0 Å². The topological polar surface area (TPSA) is 41.0 Å². The minimum Gasteiger partial charge on any atom is -0.356 e. The number of hydrogen-bond donors (Lipinski definition) is 1. The summed E-state index contributed by atoms with van der Waals surface area (Å²) in [4.78, 5) is 11.0. The highest BCUT2D eigenvalue weighted by Crippen LogP contribution is 2.20. The summed E-state index contributed by atoms with van der Waals surface area (Å²) in [7, 11) is 0. The van der Waals surface area contributed by atoms with Crippen LogP contribution in [0.25, 0.3) is 0 Å². The van der Waals surface area contributed by atoms with Gasteiger partial charge in [-0.2, -0.15) is 0 Å². The molecular formula is C16H21BrN4. The van der Waals surface area contributed by atoms with Crippen molar-refractivity contribution in [2.45, 2.75) is 26.7 Å². The maximum Gasteiger partial charge on any atom is 0.135 e. The first-order chi connectivity index (χ1) is 10.2. The zero-order valence-corrected chi connectivity index (χ0v) is 14.1. The fourth-order valence-electron chi connectivity index (χ4n) is 2.15. The fourth-order valence-corrected chi connectivity index (χ4v) is 2.41. The van der Waals surface area contributed by atoms with Crippen molar-refractivity contribution in [2.75, 3.05) is 23.3 Å². The molecule has 1 aromatic heterocycles. The Labute approximate surface area is 134 Å². The quantitative estimate of drug-likeness (QED) is 0.793. The third kappa shape index (κ3) is 4.70. The second-order valence-corrected chi connectivity index (χ2v) is 5.80. The normalized spacial score (nSPS) is 10.4. The van der Waals surface area contributed by atoms with E-state index in [1.807, 2.05) is 30.3 Å². The molecule has 1 aromatic carbocycles. The third-order valence-electron chi connectivity index (χ3n) is 3.08. The van der Waals surface area contributed by atoms with E-state index in [1.165, 1.54) is 0 Å². The number of nitrogens with zero attached hydrogens (tertiary/aromatic N) is 3. The first kappa shape index (κ1) is 15.8. The van der Waals surface area contributed by atoms with Crippen molar-refractivity contribution in [2.24, 2.45) is 0 Å². The van der Waals surface area contributed by atoms with Crippen LogP contribution in [0.15, 0.2) is 41.1 Å². The average molecular weight is 349 g/mol. The van der Waals surface area contributed by atoms with Crippen molar-refractivity contribution in [1.82, 2.24) is 9.97 Å². The Morgan fingerprint density at radius 2 is 1.71 bits per heavy atom. The molecule has 0 fully saturated rings. The summed E-state index contributed by atoms with van der Waals surface area (Å²) in [6.07, 6.45) is 3.84. The maximum absolute atomic E-state index is 4.40. The molecule has 0 aliphatic heterocycles. The number of hydrogen-bond acceptors (Lipinski definition) is 4. The van der Waals surface area contributed by atoms with Gasteiger partial charge in [-0.15, -0.1) is 0 Å². The number of nitrogens with one attached hydrogen (secondary N) is 1. The number of aromatic nitrogens is 2. The van der Waals surface area contributed by atoms with E-state index >= 15 is 0 Å². The van der Waals surface area contributed by atoms with Crippen molar-refractivity contribution in [3.63, 3.8) is 0 Å². The standard InChI is InChI=1S/C16H21BrN4/c1-3-9-21(10-4-2)16-11-15(18-12-19-16)20-14-7-5-13(17)6-8-14/h5-8,11-12H,3-4,9-10H2,1-2H3,(H,18,19,20). The van der Waals surface area contributed by atoms with Crippen LogP contribution in [-0.4, -0.2) is 23.1 Å². The summed E-state index contributed by atoms with van der Waals surface area (Å²) in [5.74, 6) is 1.80. The molecule has 2 rings (SSSR count). The highest BCUT2D eigenvalue weighted by atomic mass is 79.9. The smallest absolute Gasteiger partial charge is 0.135 e. The summed E-state index contributed by atoms with van der Waals surface area (Å²) in [5, 5.41) is 3.31. The molecule has 0 radical (unpaired) electrons. The highest BCUT2D eigenvalue weighted by Gasteiger charge is 2.07. The lowest BCUT2D eigenvalue weighted by atomic mass is 10.3. The molecule has 0 aliphatic rings. The second kappa shape index (κ2) is 7.98. The van der Waals surface area contributed by atoms with Crippen molar-refractivity contribution in [1.29, 1.82) is 0 Å². The van der Waals surface area contributed by atoms with Gasteiger partial charge in [0.2, 0.25) is 0 Å². The first-order valence-electron chi connectivity index (χ1n) is 7.32. The van der Waals surface area contributed by atoms with E-state index in [9.17, 15) is 0 Å². The second-order valence-electron chi connectivity index (χ2n) is 4.88. The molecule has 4 nitrogen and oxygen atoms in total. The minimum atomic E-state index is 0.819. The van der Waals surface area contributed by atoms with E-state index in [4.69, 9.17) is 0 Å². The number of benzene rings is 1. The number of anilines is 3. The summed E-state index contributed by atoms with van der Waals surface area (Å²) in [5.41, 5.74) is 1.01. The van der Waals surface area contributed by atoms with Crippen LogP contribution in [0.3, 0.4) is 0 Å². The van der Waals surface area contributed by atoms with Crippen LogP contribution in [0.1, 0.15) is 26.7 Å². The first-order valence-corrected chi connectivity index (χ1v) is 8.11. The molecule has 5 heteroatoms. The number of rotatable bonds is 7. The van der Waals surface area contributed by atoms with Crippen molar-refractivity contribution in [3.05, 3.63) is 41.1 Å². The molecule has 0 aliphatic carbocycles. The molecule has 112 valence electrons. The van der Waals surface area contributed by atoms with Gasteiger partial charge in [0.05, 0.1) is 0 Å². The lowest BCUT2D eigenvalue weighted by Crippen LogP contribution is -2.25. The lowest BCUT2D eigenvalue weighted by Gasteiger charge is -2.22. The van der Waals surface area contributed by atoms with E-state index in [-0.39, 0.29) is 0 Å². The molecule has 0 saturated heterocycles. The summed E-state index contributed by atoms with van der Waals surface area (Å²) in [6.45, 7) is 6.40. The van der Waals surface area contributed by atoms with Gasteiger partial charge < -0.3 is 10.2 Å².